The van der Waals surface area contributed by atoms with E-state index in [1.54, 1.807) is 0 Å². The fourth-order valence-electron chi connectivity index (χ4n) is 2.23. The summed E-state index contributed by atoms with van der Waals surface area (Å²) in [5, 5.41) is 8.88. The van der Waals surface area contributed by atoms with Crippen LogP contribution in [0.2, 0.25) is 0 Å². The van der Waals surface area contributed by atoms with Gasteiger partial charge in [0.05, 0.1) is 6.04 Å². The number of hydrogen-bond donors (Lipinski definition) is 2. The maximum absolute atomic E-state index is 12.1. The van der Waals surface area contributed by atoms with E-state index < -0.39 is 12.0 Å². The van der Waals surface area contributed by atoms with E-state index in [4.69, 9.17) is 10.8 Å². The lowest BCUT2D eigenvalue weighted by Crippen LogP contribution is -2.51. The van der Waals surface area contributed by atoms with Crippen molar-refractivity contribution in [3.8, 4) is 0 Å². The lowest BCUT2D eigenvalue weighted by molar-refractivity contribution is -0.147. The zero-order valence-electron chi connectivity index (χ0n) is 10.6. The molecule has 1 unspecified atom stereocenters. The number of carboxylic acids is 1. The second-order valence-electron chi connectivity index (χ2n) is 5.07. The molecule has 0 saturated heterocycles. The van der Waals surface area contributed by atoms with E-state index in [0.29, 0.717) is 0 Å². The SMILES string of the molecule is CC(C)C(N)C(=O)N(CC(=O)O)C1CCCC1. The van der Waals surface area contributed by atoms with Crippen molar-refractivity contribution in [2.75, 3.05) is 6.54 Å². The van der Waals surface area contributed by atoms with E-state index in [-0.39, 0.29) is 24.4 Å². The van der Waals surface area contributed by atoms with Gasteiger partial charge in [0.2, 0.25) is 5.91 Å². The Kier molecular flexibility index (Phi) is 4.93. The van der Waals surface area contributed by atoms with Crippen molar-refractivity contribution in [1.29, 1.82) is 0 Å². The van der Waals surface area contributed by atoms with Crippen molar-refractivity contribution in [2.24, 2.45) is 11.7 Å². The Labute approximate surface area is 102 Å². The average molecular weight is 242 g/mol. The topological polar surface area (TPSA) is 83.6 Å². The van der Waals surface area contributed by atoms with Crippen molar-refractivity contribution in [3.05, 3.63) is 0 Å². The molecule has 0 spiro atoms. The van der Waals surface area contributed by atoms with Gasteiger partial charge in [-0.25, -0.2) is 0 Å². The van der Waals surface area contributed by atoms with Gasteiger partial charge in [-0.3, -0.25) is 9.59 Å². The number of hydrogen-bond acceptors (Lipinski definition) is 3. The summed E-state index contributed by atoms with van der Waals surface area (Å²) in [6, 6.07) is -0.543. The summed E-state index contributed by atoms with van der Waals surface area (Å²) >= 11 is 0. The van der Waals surface area contributed by atoms with Crippen LogP contribution in [0.5, 0.6) is 0 Å². The highest BCUT2D eigenvalue weighted by atomic mass is 16.4. The molecule has 3 N–H and O–H groups in total. The number of carboxylic acid groups (broad SMARTS) is 1. The molecular weight excluding hydrogens is 220 g/mol. The number of carbonyl (C=O) groups is 2. The molecule has 1 rings (SSSR count). The van der Waals surface area contributed by atoms with Gasteiger partial charge in [-0.15, -0.1) is 0 Å². The Morgan fingerprint density at radius 1 is 1.35 bits per heavy atom. The van der Waals surface area contributed by atoms with Crippen molar-refractivity contribution in [1.82, 2.24) is 4.90 Å². The standard InChI is InChI=1S/C12H22N2O3/c1-8(2)11(13)12(17)14(7-10(15)16)9-5-3-4-6-9/h8-9,11H,3-7,13H2,1-2H3,(H,15,16). The van der Waals surface area contributed by atoms with Gasteiger partial charge in [0, 0.05) is 6.04 Å². The molecule has 5 heteroatoms. The lowest BCUT2D eigenvalue weighted by atomic mass is 10.0. The zero-order chi connectivity index (χ0) is 13.0. The van der Waals surface area contributed by atoms with Crippen LogP contribution in [0.15, 0.2) is 0 Å². The zero-order valence-corrected chi connectivity index (χ0v) is 10.6. The van der Waals surface area contributed by atoms with E-state index in [1.807, 2.05) is 13.8 Å². The second-order valence-corrected chi connectivity index (χ2v) is 5.07. The summed E-state index contributed by atoms with van der Waals surface area (Å²) in [4.78, 5) is 24.4. The molecule has 0 aromatic carbocycles. The number of aliphatic carboxylic acids is 1. The summed E-state index contributed by atoms with van der Waals surface area (Å²) in [6.07, 6.45) is 3.91. The number of rotatable bonds is 5. The van der Waals surface area contributed by atoms with Crippen LogP contribution in [0, 0.1) is 5.92 Å². The molecule has 98 valence electrons. The summed E-state index contributed by atoms with van der Waals surface area (Å²) < 4.78 is 0. The van der Waals surface area contributed by atoms with E-state index >= 15 is 0 Å². The highest BCUT2D eigenvalue weighted by molar-refractivity contribution is 5.85. The maximum atomic E-state index is 12.1. The maximum Gasteiger partial charge on any atom is 0.323 e. The van der Waals surface area contributed by atoms with Gasteiger partial charge in [0.25, 0.3) is 0 Å². The molecular formula is C12H22N2O3. The fourth-order valence-corrected chi connectivity index (χ4v) is 2.23. The van der Waals surface area contributed by atoms with E-state index in [9.17, 15) is 9.59 Å². The fraction of sp³-hybridized carbons (Fsp3) is 0.833. The van der Waals surface area contributed by atoms with E-state index in [0.717, 1.165) is 25.7 Å². The highest BCUT2D eigenvalue weighted by Gasteiger charge is 2.32. The van der Waals surface area contributed by atoms with Crippen molar-refractivity contribution >= 4 is 11.9 Å². The summed E-state index contributed by atoms with van der Waals surface area (Å²) in [5.74, 6) is -1.17. The molecule has 1 aliphatic rings. The molecule has 1 aliphatic carbocycles. The van der Waals surface area contributed by atoms with Crippen LogP contribution >= 0.6 is 0 Å². The minimum absolute atomic E-state index is 0.0280. The summed E-state index contributed by atoms with van der Waals surface area (Å²) in [7, 11) is 0. The molecule has 1 fully saturated rings. The molecule has 0 heterocycles. The van der Waals surface area contributed by atoms with Crippen LogP contribution in [-0.2, 0) is 9.59 Å². The molecule has 0 bridgehead atoms. The molecule has 1 amide bonds. The average Bonchev–Trinajstić information content (AvgIpc) is 2.76. The predicted molar refractivity (Wildman–Crippen MR) is 64.4 cm³/mol. The molecule has 0 aromatic rings. The first-order valence-corrected chi connectivity index (χ1v) is 6.21. The normalized spacial score (nSPS) is 18.4. The number of carbonyl (C=O) groups excluding carboxylic acids is 1. The van der Waals surface area contributed by atoms with Gasteiger partial charge in [-0.2, -0.15) is 0 Å². The third-order valence-corrected chi connectivity index (χ3v) is 3.36. The van der Waals surface area contributed by atoms with Gasteiger partial charge in [0.1, 0.15) is 6.54 Å². The Hall–Kier alpha value is -1.10. The van der Waals surface area contributed by atoms with E-state index in [2.05, 4.69) is 0 Å². The van der Waals surface area contributed by atoms with Crippen molar-refractivity contribution < 1.29 is 14.7 Å². The minimum Gasteiger partial charge on any atom is -0.480 e. The molecule has 5 nitrogen and oxygen atoms in total. The quantitative estimate of drug-likeness (QED) is 0.747. The Morgan fingerprint density at radius 3 is 2.29 bits per heavy atom. The molecule has 0 aliphatic heterocycles. The number of nitrogens with zero attached hydrogens (tertiary/aromatic N) is 1. The van der Waals surface area contributed by atoms with Crippen LogP contribution in [0.25, 0.3) is 0 Å². The largest absolute Gasteiger partial charge is 0.480 e. The summed E-state index contributed by atoms with van der Waals surface area (Å²) in [6.45, 7) is 3.51. The van der Waals surface area contributed by atoms with Gasteiger partial charge in [0.15, 0.2) is 0 Å². The molecule has 0 radical (unpaired) electrons. The molecule has 1 saturated carbocycles. The van der Waals surface area contributed by atoms with Gasteiger partial charge in [-0.1, -0.05) is 26.7 Å². The van der Waals surface area contributed by atoms with Crippen LogP contribution in [0.1, 0.15) is 39.5 Å². The third-order valence-electron chi connectivity index (χ3n) is 3.36. The molecule has 0 aromatic heterocycles. The summed E-state index contributed by atoms with van der Waals surface area (Å²) in [5.41, 5.74) is 5.82. The molecule has 1 atom stereocenters. The third kappa shape index (κ3) is 3.70. The highest BCUT2D eigenvalue weighted by Crippen LogP contribution is 2.24. The first-order chi connectivity index (χ1) is 7.93. The van der Waals surface area contributed by atoms with Crippen LogP contribution < -0.4 is 5.73 Å². The second kappa shape index (κ2) is 6.00. The monoisotopic (exact) mass is 242 g/mol. The Balaban J connectivity index is 2.74. The van der Waals surface area contributed by atoms with Gasteiger partial charge in [-0.05, 0) is 18.8 Å². The van der Waals surface area contributed by atoms with Gasteiger partial charge >= 0.3 is 5.97 Å². The number of amides is 1. The van der Waals surface area contributed by atoms with Crippen LogP contribution in [0.4, 0.5) is 0 Å². The van der Waals surface area contributed by atoms with Crippen LogP contribution in [-0.4, -0.2) is 40.5 Å². The Bertz CT molecular complexity index is 285. The Morgan fingerprint density at radius 2 is 1.88 bits per heavy atom. The molecule has 17 heavy (non-hydrogen) atoms. The van der Waals surface area contributed by atoms with Gasteiger partial charge < -0.3 is 15.7 Å². The van der Waals surface area contributed by atoms with Crippen molar-refractivity contribution in [2.45, 2.75) is 51.6 Å². The minimum atomic E-state index is -0.971. The number of nitrogens with two attached hydrogens (primary N) is 1. The smallest absolute Gasteiger partial charge is 0.323 e. The van der Waals surface area contributed by atoms with E-state index in [1.165, 1.54) is 4.90 Å². The first-order valence-electron chi connectivity index (χ1n) is 6.21. The predicted octanol–water partition coefficient (Wildman–Crippen LogP) is 0.825. The first kappa shape index (κ1) is 14.0. The van der Waals surface area contributed by atoms with Crippen LogP contribution in [0.3, 0.4) is 0 Å². The van der Waals surface area contributed by atoms with Crippen molar-refractivity contribution in [3.63, 3.8) is 0 Å². The lowest BCUT2D eigenvalue weighted by Gasteiger charge is -2.31.